The number of ether oxygens (including phenoxy) is 2. The average molecular weight is 409 g/mol. The number of alkyl halides is 2. The molecule has 0 radical (unpaired) electrons. The molecule has 3 aromatic rings. The molecule has 1 aromatic heterocycles. The molecule has 8 nitrogen and oxygen atoms in total. The first kappa shape index (κ1) is 19.4. The molecule has 1 heterocycles. The van der Waals surface area contributed by atoms with Crippen LogP contribution in [0.15, 0.2) is 30.3 Å². The predicted molar refractivity (Wildman–Crippen MR) is 98.6 cm³/mol. The third-order valence-electron chi connectivity index (χ3n) is 3.70. The van der Waals surface area contributed by atoms with E-state index in [-0.39, 0.29) is 16.4 Å². The van der Waals surface area contributed by atoms with Crippen molar-refractivity contribution in [1.29, 1.82) is 0 Å². The van der Waals surface area contributed by atoms with Crippen molar-refractivity contribution >= 4 is 38.3 Å². The first-order chi connectivity index (χ1) is 13.3. The topological polar surface area (TPSA) is 104 Å². The Morgan fingerprint density at radius 3 is 2.68 bits per heavy atom. The van der Waals surface area contributed by atoms with Crippen LogP contribution in [-0.4, -0.2) is 29.5 Å². The standard InChI is InChI=1S/C17H13F2N3O5S/c1-8-3-4-10-14(5-8)28-17(20-10)21-15(23)9-6-12(26-2)13(27-16(18)19)7-11(9)22(24)25/h3-7,16H,1-2H3,(H,20,21,23). The number of thiazole rings is 1. The fourth-order valence-electron chi connectivity index (χ4n) is 2.48. The van der Waals surface area contributed by atoms with Crippen molar-refractivity contribution in [2.24, 2.45) is 0 Å². The SMILES string of the molecule is COc1cc(C(=O)Nc2nc3ccc(C)cc3s2)c([N+](=O)[O-])cc1OC(F)F. The fourth-order valence-corrected chi connectivity index (χ4v) is 3.44. The lowest BCUT2D eigenvalue weighted by Crippen LogP contribution is -2.15. The van der Waals surface area contributed by atoms with Gasteiger partial charge in [-0.2, -0.15) is 8.78 Å². The van der Waals surface area contributed by atoms with Crippen LogP contribution in [0.4, 0.5) is 19.6 Å². The number of benzene rings is 2. The molecule has 3 rings (SSSR count). The minimum Gasteiger partial charge on any atom is -0.493 e. The summed E-state index contributed by atoms with van der Waals surface area (Å²) < 4.78 is 35.0. The summed E-state index contributed by atoms with van der Waals surface area (Å²) in [4.78, 5) is 27.3. The molecule has 0 fully saturated rings. The zero-order valence-corrected chi connectivity index (χ0v) is 15.4. The first-order valence-electron chi connectivity index (χ1n) is 7.78. The number of nitro benzene ring substituents is 1. The number of hydrogen-bond donors (Lipinski definition) is 1. The first-order valence-corrected chi connectivity index (χ1v) is 8.60. The number of carbonyl (C=O) groups is 1. The monoisotopic (exact) mass is 409 g/mol. The maximum Gasteiger partial charge on any atom is 0.387 e. The number of methoxy groups -OCH3 is 1. The lowest BCUT2D eigenvalue weighted by molar-refractivity contribution is -0.385. The van der Waals surface area contributed by atoms with Gasteiger partial charge >= 0.3 is 6.61 Å². The maximum absolute atomic E-state index is 12.6. The molecule has 0 unspecified atom stereocenters. The van der Waals surface area contributed by atoms with Gasteiger partial charge in [-0.3, -0.25) is 20.2 Å². The number of fused-ring (bicyclic) bond motifs is 1. The van der Waals surface area contributed by atoms with Crippen molar-refractivity contribution in [1.82, 2.24) is 4.98 Å². The highest BCUT2D eigenvalue weighted by atomic mass is 32.1. The van der Waals surface area contributed by atoms with Gasteiger partial charge in [0.1, 0.15) is 5.56 Å². The van der Waals surface area contributed by atoms with E-state index in [9.17, 15) is 23.7 Å². The van der Waals surface area contributed by atoms with Gasteiger partial charge in [0.15, 0.2) is 16.6 Å². The Balaban J connectivity index is 1.97. The van der Waals surface area contributed by atoms with Crippen molar-refractivity contribution < 1.29 is 28.0 Å². The van der Waals surface area contributed by atoms with Crippen LogP contribution in [0.2, 0.25) is 0 Å². The van der Waals surface area contributed by atoms with Crippen LogP contribution in [0.1, 0.15) is 15.9 Å². The normalized spacial score (nSPS) is 10.9. The third-order valence-corrected chi connectivity index (χ3v) is 4.64. The summed E-state index contributed by atoms with van der Waals surface area (Å²) in [7, 11) is 1.16. The largest absolute Gasteiger partial charge is 0.493 e. The van der Waals surface area contributed by atoms with Crippen LogP contribution in [0.5, 0.6) is 11.5 Å². The summed E-state index contributed by atoms with van der Waals surface area (Å²) in [5.74, 6) is -1.61. The summed E-state index contributed by atoms with van der Waals surface area (Å²) in [5.41, 5.74) is 0.604. The Morgan fingerprint density at radius 2 is 2.04 bits per heavy atom. The van der Waals surface area contributed by atoms with Gasteiger partial charge in [-0.1, -0.05) is 17.4 Å². The molecule has 0 aliphatic rings. The van der Waals surface area contributed by atoms with Crippen molar-refractivity contribution in [3.05, 3.63) is 51.6 Å². The summed E-state index contributed by atoms with van der Waals surface area (Å²) >= 11 is 1.20. The molecule has 28 heavy (non-hydrogen) atoms. The number of nitrogens with zero attached hydrogens (tertiary/aromatic N) is 2. The van der Waals surface area contributed by atoms with Crippen LogP contribution in [0.25, 0.3) is 10.2 Å². The van der Waals surface area contributed by atoms with Crippen LogP contribution in [-0.2, 0) is 0 Å². The molecular weight excluding hydrogens is 396 g/mol. The zero-order valence-electron chi connectivity index (χ0n) is 14.6. The van der Waals surface area contributed by atoms with Gasteiger partial charge in [0, 0.05) is 6.07 Å². The quantitative estimate of drug-likeness (QED) is 0.479. The molecule has 0 atom stereocenters. The van der Waals surface area contributed by atoms with E-state index in [0.717, 1.165) is 29.5 Å². The molecule has 2 aromatic carbocycles. The molecule has 146 valence electrons. The maximum atomic E-state index is 12.6. The van der Waals surface area contributed by atoms with E-state index in [4.69, 9.17) is 4.74 Å². The van der Waals surface area contributed by atoms with E-state index in [2.05, 4.69) is 15.0 Å². The van der Waals surface area contributed by atoms with Gasteiger partial charge in [-0.05, 0) is 24.6 Å². The number of anilines is 1. The van der Waals surface area contributed by atoms with Crippen molar-refractivity contribution in [3.63, 3.8) is 0 Å². The minimum atomic E-state index is -3.21. The predicted octanol–water partition coefficient (Wildman–Crippen LogP) is 4.38. The molecule has 0 saturated carbocycles. The van der Waals surface area contributed by atoms with Gasteiger partial charge in [0.25, 0.3) is 11.6 Å². The van der Waals surface area contributed by atoms with Gasteiger partial charge in [0.05, 0.1) is 28.3 Å². The second-order valence-corrected chi connectivity index (χ2v) is 6.63. The van der Waals surface area contributed by atoms with E-state index in [1.165, 1.54) is 11.3 Å². The molecule has 0 spiro atoms. The molecular formula is C17H13F2N3O5S. The minimum absolute atomic E-state index is 0.240. The van der Waals surface area contributed by atoms with Crippen LogP contribution < -0.4 is 14.8 Å². The summed E-state index contributed by atoms with van der Waals surface area (Å²) in [5, 5.41) is 14.1. The summed E-state index contributed by atoms with van der Waals surface area (Å²) in [6, 6.07) is 7.25. The van der Waals surface area contributed by atoms with Gasteiger partial charge < -0.3 is 9.47 Å². The highest BCUT2D eigenvalue weighted by molar-refractivity contribution is 7.22. The number of aryl methyl sites for hydroxylation is 1. The molecule has 0 saturated heterocycles. The van der Waals surface area contributed by atoms with Gasteiger partial charge in [-0.15, -0.1) is 0 Å². The molecule has 11 heteroatoms. The second kappa shape index (κ2) is 7.72. The van der Waals surface area contributed by atoms with E-state index in [1.807, 2.05) is 19.1 Å². The number of halogens is 2. The average Bonchev–Trinajstić information content (AvgIpc) is 3.01. The van der Waals surface area contributed by atoms with Crippen molar-refractivity contribution in [2.75, 3.05) is 12.4 Å². The lowest BCUT2D eigenvalue weighted by Gasteiger charge is -2.11. The zero-order chi connectivity index (χ0) is 20.4. The van der Waals surface area contributed by atoms with E-state index in [1.54, 1.807) is 6.07 Å². The van der Waals surface area contributed by atoms with Crippen LogP contribution in [0.3, 0.4) is 0 Å². The number of aromatic nitrogens is 1. The van der Waals surface area contributed by atoms with Gasteiger partial charge in [-0.25, -0.2) is 4.98 Å². The molecule has 0 aliphatic heterocycles. The second-order valence-electron chi connectivity index (χ2n) is 5.60. The van der Waals surface area contributed by atoms with E-state index in [0.29, 0.717) is 5.52 Å². The number of hydrogen-bond acceptors (Lipinski definition) is 7. The van der Waals surface area contributed by atoms with Crippen LogP contribution in [0, 0.1) is 17.0 Å². The Kier molecular flexibility index (Phi) is 5.36. The number of nitrogens with one attached hydrogen (secondary N) is 1. The molecule has 0 bridgehead atoms. The Hall–Kier alpha value is -3.34. The lowest BCUT2D eigenvalue weighted by atomic mass is 10.1. The van der Waals surface area contributed by atoms with Crippen LogP contribution >= 0.6 is 11.3 Å². The number of nitro groups is 1. The highest BCUT2D eigenvalue weighted by Crippen LogP contribution is 2.36. The fraction of sp³-hybridized carbons (Fsp3) is 0.176. The van der Waals surface area contributed by atoms with E-state index < -0.39 is 28.9 Å². The van der Waals surface area contributed by atoms with Crippen molar-refractivity contribution in [3.8, 4) is 11.5 Å². The Bertz CT molecular complexity index is 1070. The molecule has 1 amide bonds. The number of carbonyl (C=O) groups excluding carboxylic acids is 1. The van der Waals surface area contributed by atoms with E-state index >= 15 is 0 Å². The Labute approximate surface area is 160 Å². The summed E-state index contributed by atoms with van der Waals surface area (Å²) in [6.45, 7) is -1.30. The molecule has 0 aliphatic carbocycles. The smallest absolute Gasteiger partial charge is 0.387 e. The third kappa shape index (κ3) is 3.98. The van der Waals surface area contributed by atoms with Gasteiger partial charge in [0.2, 0.25) is 0 Å². The Morgan fingerprint density at radius 1 is 1.29 bits per heavy atom. The highest BCUT2D eigenvalue weighted by Gasteiger charge is 2.26. The van der Waals surface area contributed by atoms with Crippen molar-refractivity contribution in [2.45, 2.75) is 13.5 Å². The number of amides is 1. The molecule has 1 N–H and O–H groups in total. The summed E-state index contributed by atoms with van der Waals surface area (Å²) in [6.07, 6.45) is 0. The number of rotatable bonds is 6.